The van der Waals surface area contributed by atoms with Crippen LogP contribution in [0.5, 0.6) is 0 Å². The van der Waals surface area contributed by atoms with E-state index < -0.39 is 0 Å². The summed E-state index contributed by atoms with van der Waals surface area (Å²) in [6, 6.07) is 9.51. The van der Waals surface area contributed by atoms with Crippen molar-refractivity contribution in [3.63, 3.8) is 0 Å². The van der Waals surface area contributed by atoms with E-state index in [1.54, 1.807) is 11.1 Å². The van der Waals surface area contributed by atoms with Crippen molar-refractivity contribution < 1.29 is 4.74 Å². The fourth-order valence-corrected chi connectivity index (χ4v) is 8.88. The van der Waals surface area contributed by atoms with Crippen LogP contribution in [-0.4, -0.2) is 12.2 Å². The van der Waals surface area contributed by atoms with Crippen LogP contribution in [0.2, 0.25) is 0 Å². The minimum absolute atomic E-state index is 0.667. The molecule has 1 nitrogen and oxygen atoms in total. The Balaban J connectivity index is 1.52. The maximum absolute atomic E-state index is 5.96. The lowest BCUT2D eigenvalue weighted by Gasteiger charge is -2.50. The van der Waals surface area contributed by atoms with Gasteiger partial charge in [0.05, 0.1) is 12.2 Å². The normalized spacial score (nSPS) is 73.1. The summed E-state index contributed by atoms with van der Waals surface area (Å²) < 4.78 is 5.96. The van der Waals surface area contributed by atoms with E-state index in [9.17, 15) is 0 Å². The summed E-state index contributed by atoms with van der Waals surface area (Å²) in [6.45, 7) is 0. The van der Waals surface area contributed by atoms with Crippen LogP contribution in [-0.2, 0) is 4.74 Å². The largest absolute Gasteiger partial charge is 0.370 e. The molecule has 8 aliphatic rings. The van der Waals surface area contributed by atoms with Crippen molar-refractivity contribution in [2.24, 2.45) is 34.5 Å². The molecule has 2 unspecified atom stereocenters. The van der Waals surface area contributed by atoms with Crippen molar-refractivity contribution in [1.29, 1.82) is 0 Å². The third kappa shape index (κ3) is 0.521. The Hall–Kier alpha value is -0.820. The summed E-state index contributed by atoms with van der Waals surface area (Å²) in [5.41, 5.74) is 5.00. The second kappa shape index (κ2) is 1.94. The van der Waals surface area contributed by atoms with Gasteiger partial charge < -0.3 is 4.74 Å². The zero-order valence-electron chi connectivity index (χ0n) is 10.8. The van der Waals surface area contributed by atoms with Gasteiger partial charge in [-0.05, 0) is 70.3 Å². The van der Waals surface area contributed by atoms with E-state index in [1.807, 2.05) is 0 Å². The smallest absolute Gasteiger partial charge is 0.0848 e. The SMILES string of the molecule is c1ccc2c(c1)[C@H]1[C@H]3C4C5[C@]16C[C@@H]1O[C@@H]1C[C@]56[C@@H]2[C@@H]43. The highest BCUT2D eigenvalue weighted by molar-refractivity contribution is 5.63. The van der Waals surface area contributed by atoms with Crippen LogP contribution in [0, 0.1) is 34.5 Å². The van der Waals surface area contributed by atoms with E-state index in [0.29, 0.717) is 12.2 Å². The fourth-order valence-electron chi connectivity index (χ4n) is 8.88. The quantitative estimate of drug-likeness (QED) is 0.643. The molecule has 7 aliphatic carbocycles. The van der Waals surface area contributed by atoms with Gasteiger partial charge in [0.25, 0.3) is 0 Å². The van der Waals surface area contributed by atoms with E-state index >= 15 is 0 Å². The van der Waals surface area contributed by atoms with Crippen LogP contribution < -0.4 is 0 Å². The van der Waals surface area contributed by atoms with Gasteiger partial charge in [0, 0.05) is 0 Å². The minimum Gasteiger partial charge on any atom is -0.370 e. The van der Waals surface area contributed by atoms with Crippen LogP contribution >= 0.6 is 0 Å². The lowest BCUT2D eigenvalue weighted by Crippen LogP contribution is -2.43. The third-order valence-corrected chi connectivity index (χ3v) is 8.78. The summed E-state index contributed by atoms with van der Waals surface area (Å²) in [5.74, 6) is 6.34. The average molecular weight is 248 g/mol. The van der Waals surface area contributed by atoms with Gasteiger partial charge in [-0.2, -0.15) is 0 Å². The topological polar surface area (TPSA) is 12.5 Å². The Morgan fingerprint density at radius 3 is 2.00 bits per heavy atom. The van der Waals surface area contributed by atoms with E-state index in [-0.39, 0.29) is 0 Å². The molecule has 6 fully saturated rings. The summed E-state index contributed by atoms with van der Waals surface area (Å²) in [6.07, 6.45) is 4.19. The Labute approximate surface area is 112 Å². The molecule has 2 bridgehead atoms. The molecule has 10 atom stereocenters. The molecule has 1 aromatic rings. The molecule has 0 aromatic heterocycles. The Kier molecular flexibility index (Phi) is 0.863. The third-order valence-electron chi connectivity index (χ3n) is 8.78. The van der Waals surface area contributed by atoms with Gasteiger partial charge in [0.2, 0.25) is 0 Å². The predicted octanol–water partition coefficient (Wildman–Crippen LogP) is 2.92. The van der Waals surface area contributed by atoms with Crippen molar-refractivity contribution >= 4 is 0 Å². The number of benzene rings is 1. The van der Waals surface area contributed by atoms with Gasteiger partial charge in [0.15, 0.2) is 0 Å². The second-order valence-electron chi connectivity index (χ2n) is 8.50. The molecule has 1 aromatic carbocycles. The Morgan fingerprint density at radius 2 is 1.42 bits per heavy atom. The van der Waals surface area contributed by atoms with Crippen LogP contribution in [0.3, 0.4) is 0 Å². The summed E-state index contributed by atoms with van der Waals surface area (Å²) in [5, 5.41) is 0. The van der Waals surface area contributed by atoms with Gasteiger partial charge in [0.1, 0.15) is 0 Å². The van der Waals surface area contributed by atoms with Crippen LogP contribution in [0.25, 0.3) is 0 Å². The molecule has 5 saturated carbocycles. The molecule has 19 heavy (non-hydrogen) atoms. The van der Waals surface area contributed by atoms with Gasteiger partial charge >= 0.3 is 0 Å². The number of hydrogen-bond donors (Lipinski definition) is 0. The molecule has 1 heteroatoms. The summed E-state index contributed by atoms with van der Waals surface area (Å²) in [4.78, 5) is 0. The molecule has 1 saturated heterocycles. The van der Waals surface area contributed by atoms with Crippen molar-refractivity contribution in [3.05, 3.63) is 35.4 Å². The molecular formula is C18H16O. The number of ether oxygens (including phenoxy) is 1. The average Bonchev–Trinajstić information content (AvgIpc) is 3.33. The molecule has 94 valence electrons. The first-order chi connectivity index (χ1) is 9.39. The zero-order chi connectivity index (χ0) is 11.7. The lowest BCUT2D eigenvalue weighted by atomic mass is 9.53. The van der Waals surface area contributed by atoms with Gasteiger partial charge in [-0.1, -0.05) is 24.3 Å². The first-order valence-electron chi connectivity index (χ1n) is 8.14. The highest BCUT2D eigenvalue weighted by atomic mass is 16.6. The molecule has 9 rings (SSSR count). The molecule has 0 amide bonds. The lowest BCUT2D eigenvalue weighted by molar-refractivity contribution is 0.106. The monoisotopic (exact) mass is 248 g/mol. The first kappa shape index (κ1) is 8.46. The predicted molar refractivity (Wildman–Crippen MR) is 68.6 cm³/mol. The number of epoxide rings is 1. The Bertz CT molecular complexity index is 652. The minimum atomic E-state index is 0.667. The van der Waals surface area contributed by atoms with Gasteiger partial charge in [-0.25, -0.2) is 0 Å². The van der Waals surface area contributed by atoms with Gasteiger partial charge in [-0.3, -0.25) is 0 Å². The molecular weight excluding hydrogens is 232 g/mol. The summed E-state index contributed by atoms with van der Waals surface area (Å²) >= 11 is 0. The van der Waals surface area contributed by atoms with Crippen LogP contribution in [0.15, 0.2) is 24.3 Å². The number of rotatable bonds is 0. The maximum Gasteiger partial charge on any atom is 0.0848 e. The zero-order valence-corrected chi connectivity index (χ0v) is 10.8. The van der Waals surface area contributed by atoms with Crippen molar-refractivity contribution in [1.82, 2.24) is 0 Å². The van der Waals surface area contributed by atoms with Crippen molar-refractivity contribution in [2.75, 3.05) is 0 Å². The van der Waals surface area contributed by atoms with E-state index in [2.05, 4.69) is 24.3 Å². The van der Waals surface area contributed by atoms with E-state index in [4.69, 9.17) is 4.74 Å². The van der Waals surface area contributed by atoms with Crippen molar-refractivity contribution in [3.8, 4) is 0 Å². The van der Waals surface area contributed by atoms with Gasteiger partial charge in [-0.15, -0.1) is 0 Å². The molecule has 1 heterocycles. The highest BCUT2D eigenvalue weighted by Gasteiger charge is 3.02. The molecule has 1 aliphatic heterocycles. The first-order valence-corrected chi connectivity index (χ1v) is 8.14. The second-order valence-corrected chi connectivity index (χ2v) is 8.50. The van der Waals surface area contributed by atoms with E-state index in [0.717, 1.165) is 46.3 Å². The standard InChI is InChI=1S/C18H16O/c1-2-4-8-7(3-1)14-11-12-13(11)16-17(14)5-9-10(19-9)6-18(16,17)15(8)12/h1-4,9-16H,5-6H2/t9-,10+,11-,12-,13?,14+,15+,16?,17+,18+/m1/s1. The number of fused-ring (bicyclic) bond motifs is 1. The maximum atomic E-state index is 5.96. The molecule has 0 N–H and O–H groups in total. The van der Waals surface area contributed by atoms with Crippen molar-refractivity contribution in [2.45, 2.75) is 36.9 Å². The highest BCUT2D eigenvalue weighted by Crippen LogP contribution is 3.07. The summed E-state index contributed by atoms with van der Waals surface area (Å²) in [7, 11) is 0. The fraction of sp³-hybridized carbons (Fsp3) is 0.667. The Morgan fingerprint density at radius 1 is 0.842 bits per heavy atom. The van der Waals surface area contributed by atoms with Crippen LogP contribution in [0.4, 0.5) is 0 Å². The number of hydrogen-bond acceptors (Lipinski definition) is 1. The molecule has 2 spiro atoms. The molecule has 0 radical (unpaired) electrons. The van der Waals surface area contributed by atoms with E-state index in [1.165, 1.54) is 12.8 Å². The van der Waals surface area contributed by atoms with Crippen LogP contribution in [0.1, 0.15) is 35.8 Å².